The molecule has 0 saturated heterocycles. The van der Waals surface area contributed by atoms with E-state index in [2.05, 4.69) is 41.8 Å². The summed E-state index contributed by atoms with van der Waals surface area (Å²) in [7, 11) is 0. The van der Waals surface area contributed by atoms with Crippen molar-refractivity contribution >= 4 is 24.0 Å². The van der Waals surface area contributed by atoms with Gasteiger partial charge in [0, 0.05) is 12.1 Å². The van der Waals surface area contributed by atoms with Crippen LogP contribution in [-0.4, -0.2) is 35.8 Å². The van der Waals surface area contributed by atoms with Crippen molar-refractivity contribution in [1.82, 2.24) is 5.32 Å². The van der Waals surface area contributed by atoms with Gasteiger partial charge in [0.2, 0.25) is 0 Å². The molecule has 1 aliphatic heterocycles. The first-order valence-electron chi connectivity index (χ1n) is 8.77. The summed E-state index contributed by atoms with van der Waals surface area (Å²) in [4.78, 5) is 11.4. The number of amides is 1. The van der Waals surface area contributed by atoms with Crippen molar-refractivity contribution in [3.05, 3.63) is 53.1 Å². The van der Waals surface area contributed by atoms with Crippen molar-refractivity contribution in [1.29, 1.82) is 0 Å². The minimum Gasteiger partial charge on any atom is -0.506 e. The monoisotopic (exact) mass is 392 g/mol. The van der Waals surface area contributed by atoms with Crippen LogP contribution in [0.4, 0.5) is 5.69 Å². The largest absolute Gasteiger partial charge is 0.506 e. The average Bonchev–Trinajstić information content (AvgIpc) is 2.63. The van der Waals surface area contributed by atoms with E-state index in [1.165, 1.54) is 17.2 Å². The van der Waals surface area contributed by atoms with E-state index in [1.807, 2.05) is 0 Å². The molecule has 1 amide bonds. The zero-order chi connectivity index (χ0) is 18.5. The van der Waals surface area contributed by atoms with E-state index in [0.717, 1.165) is 19.4 Å². The smallest absolute Gasteiger partial charge is 0.262 e. The van der Waals surface area contributed by atoms with Gasteiger partial charge in [-0.1, -0.05) is 29.8 Å². The highest BCUT2D eigenvalue weighted by Crippen LogP contribution is 2.41. The van der Waals surface area contributed by atoms with Crippen LogP contribution in [0.3, 0.4) is 0 Å². The number of phenols is 1. The van der Waals surface area contributed by atoms with E-state index in [9.17, 15) is 15.0 Å². The Labute approximate surface area is 165 Å². The number of aryl methyl sites for hydroxylation is 2. The number of benzene rings is 2. The molecule has 1 unspecified atom stereocenters. The molecule has 4 N–H and O–H groups in total. The third kappa shape index (κ3) is 5.35. The van der Waals surface area contributed by atoms with E-state index in [0.29, 0.717) is 17.9 Å². The lowest BCUT2D eigenvalue weighted by atomic mass is 10.0. The first-order chi connectivity index (χ1) is 12.5. The van der Waals surface area contributed by atoms with Crippen LogP contribution < -0.4 is 15.4 Å². The number of carbonyl (C=O) groups excluding carboxylic acids is 1. The van der Waals surface area contributed by atoms with Crippen LogP contribution >= 0.6 is 12.4 Å². The Morgan fingerprint density at radius 1 is 1.22 bits per heavy atom. The maximum Gasteiger partial charge on any atom is 0.262 e. The fourth-order valence-electron chi connectivity index (χ4n) is 2.96. The second kappa shape index (κ2) is 9.60. The molecule has 0 saturated carbocycles. The molecule has 2 aromatic carbocycles. The van der Waals surface area contributed by atoms with Gasteiger partial charge in [-0.3, -0.25) is 4.79 Å². The van der Waals surface area contributed by atoms with Crippen molar-refractivity contribution in [2.45, 2.75) is 25.9 Å². The molecule has 0 aliphatic carbocycles. The number of fused-ring (bicyclic) bond motifs is 1. The number of phenolic OH excluding ortho intramolecular Hbond substituents is 1. The Bertz CT molecular complexity index is 780. The summed E-state index contributed by atoms with van der Waals surface area (Å²) in [6.07, 6.45) is 1.15. The molecule has 0 aromatic heterocycles. The summed E-state index contributed by atoms with van der Waals surface area (Å²) >= 11 is 0. The lowest BCUT2D eigenvalue weighted by Crippen LogP contribution is -2.28. The normalized spacial score (nSPS) is 13.8. The molecular formula is C20H25ClN2O4. The Balaban J connectivity index is 0.00000261. The highest BCUT2D eigenvalue weighted by atomic mass is 35.5. The van der Waals surface area contributed by atoms with Crippen LogP contribution in [0.1, 0.15) is 29.2 Å². The van der Waals surface area contributed by atoms with E-state index >= 15 is 0 Å². The number of halogens is 1. The molecule has 1 atom stereocenters. The maximum atomic E-state index is 11.4. The van der Waals surface area contributed by atoms with Crippen molar-refractivity contribution in [3.63, 3.8) is 0 Å². The number of nitrogens with one attached hydrogen (secondary N) is 2. The zero-order valence-corrected chi connectivity index (χ0v) is 16.0. The molecule has 146 valence electrons. The quantitative estimate of drug-likeness (QED) is 0.429. The number of aromatic hydroxyl groups is 1. The maximum absolute atomic E-state index is 11.4. The molecule has 7 heteroatoms. The molecule has 0 fully saturated rings. The number of rotatable bonds is 7. The van der Waals surface area contributed by atoms with Gasteiger partial charge in [-0.2, -0.15) is 0 Å². The van der Waals surface area contributed by atoms with Crippen LogP contribution in [-0.2, 0) is 11.2 Å². The molecule has 0 bridgehead atoms. The van der Waals surface area contributed by atoms with Gasteiger partial charge in [-0.15, -0.1) is 12.4 Å². The third-order valence-corrected chi connectivity index (χ3v) is 4.41. The first kappa shape index (κ1) is 21.0. The van der Waals surface area contributed by atoms with Crippen molar-refractivity contribution < 1.29 is 19.7 Å². The minimum absolute atomic E-state index is 0. The number of hydrogen-bond acceptors (Lipinski definition) is 5. The van der Waals surface area contributed by atoms with Crippen LogP contribution in [0.25, 0.3) is 0 Å². The third-order valence-electron chi connectivity index (χ3n) is 4.41. The Hall–Kier alpha value is -2.28. The molecule has 6 nitrogen and oxygen atoms in total. The summed E-state index contributed by atoms with van der Waals surface area (Å²) in [6, 6.07) is 11.6. The Morgan fingerprint density at radius 2 is 1.96 bits per heavy atom. The second-order valence-electron chi connectivity index (χ2n) is 6.52. The van der Waals surface area contributed by atoms with Gasteiger partial charge < -0.3 is 25.6 Å². The number of aliphatic hydroxyl groups excluding tert-OH is 1. The predicted octanol–water partition coefficient (Wildman–Crippen LogP) is 2.71. The minimum atomic E-state index is -0.793. The van der Waals surface area contributed by atoms with Gasteiger partial charge in [-0.05, 0) is 44.0 Å². The summed E-state index contributed by atoms with van der Waals surface area (Å²) in [5, 5.41) is 26.1. The molecule has 27 heavy (non-hydrogen) atoms. The van der Waals surface area contributed by atoms with Crippen molar-refractivity contribution in [2.24, 2.45) is 0 Å². The summed E-state index contributed by atoms with van der Waals surface area (Å²) < 4.78 is 5.40. The standard InChI is InChI=1S/C20H24N2O4.ClH/c1-13-4-6-14(7-5-13)3-2-10-21-11-17(24)15-8-9-16(23)19-20(15)26-12-18(25)22-19;/h4-9,17,21,23-24H,2-3,10-12H2,1H3,(H,22,25);1H. The predicted molar refractivity (Wildman–Crippen MR) is 107 cm³/mol. The van der Waals surface area contributed by atoms with Crippen LogP contribution in [0.2, 0.25) is 0 Å². The number of hydrogen-bond donors (Lipinski definition) is 4. The van der Waals surface area contributed by atoms with Gasteiger partial charge in [0.15, 0.2) is 12.4 Å². The number of carbonyl (C=O) groups is 1. The van der Waals surface area contributed by atoms with E-state index < -0.39 is 6.10 Å². The van der Waals surface area contributed by atoms with Crippen LogP contribution in [0.5, 0.6) is 11.5 Å². The number of aliphatic hydroxyl groups is 1. The molecule has 3 rings (SSSR count). The average molecular weight is 393 g/mol. The fraction of sp³-hybridized carbons (Fsp3) is 0.350. The Morgan fingerprint density at radius 3 is 2.70 bits per heavy atom. The lowest BCUT2D eigenvalue weighted by Gasteiger charge is -2.23. The van der Waals surface area contributed by atoms with Gasteiger partial charge >= 0.3 is 0 Å². The zero-order valence-electron chi connectivity index (χ0n) is 15.2. The van der Waals surface area contributed by atoms with E-state index in [-0.39, 0.29) is 36.4 Å². The highest BCUT2D eigenvalue weighted by Gasteiger charge is 2.25. The van der Waals surface area contributed by atoms with E-state index in [1.54, 1.807) is 6.07 Å². The molecule has 0 spiro atoms. The molecular weight excluding hydrogens is 368 g/mol. The summed E-state index contributed by atoms with van der Waals surface area (Å²) in [6.45, 7) is 3.09. The van der Waals surface area contributed by atoms with Gasteiger partial charge in [0.25, 0.3) is 5.91 Å². The molecule has 2 aromatic rings. The Kier molecular flexibility index (Phi) is 7.47. The van der Waals surface area contributed by atoms with Crippen molar-refractivity contribution in [3.8, 4) is 11.5 Å². The number of ether oxygens (including phenoxy) is 1. The molecule has 1 aliphatic rings. The summed E-state index contributed by atoms with van der Waals surface area (Å²) in [5.74, 6) is -0.0673. The lowest BCUT2D eigenvalue weighted by molar-refractivity contribution is -0.118. The first-order valence-corrected chi connectivity index (χ1v) is 8.77. The van der Waals surface area contributed by atoms with Gasteiger partial charge in [-0.25, -0.2) is 0 Å². The fourth-order valence-corrected chi connectivity index (χ4v) is 2.96. The van der Waals surface area contributed by atoms with Crippen LogP contribution in [0.15, 0.2) is 36.4 Å². The highest BCUT2D eigenvalue weighted by molar-refractivity contribution is 5.97. The summed E-state index contributed by atoms with van der Waals surface area (Å²) in [5.41, 5.74) is 3.32. The van der Waals surface area contributed by atoms with E-state index in [4.69, 9.17) is 4.74 Å². The van der Waals surface area contributed by atoms with Gasteiger partial charge in [0.1, 0.15) is 11.4 Å². The van der Waals surface area contributed by atoms with Crippen LogP contribution in [0, 0.1) is 6.92 Å². The molecule has 1 heterocycles. The topological polar surface area (TPSA) is 90.8 Å². The number of anilines is 1. The second-order valence-corrected chi connectivity index (χ2v) is 6.52. The molecule has 0 radical (unpaired) electrons. The SMILES string of the molecule is Cc1ccc(CCCNCC(O)c2ccc(O)c3c2OCC(=O)N3)cc1.Cl. The van der Waals surface area contributed by atoms with Gasteiger partial charge in [0.05, 0.1) is 6.10 Å². The van der Waals surface area contributed by atoms with Crippen molar-refractivity contribution in [2.75, 3.05) is 25.0 Å².